The van der Waals surface area contributed by atoms with Crippen molar-refractivity contribution < 1.29 is 8.28 Å². The molecular weight excluding hydrogens is 155 g/mol. The van der Waals surface area contributed by atoms with Gasteiger partial charge in [-0.2, -0.15) is 0 Å². The van der Waals surface area contributed by atoms with Gasteiger partial charge >= 0.3 is 55.4 Å². The van der Waals surface area contributed by atoms with Crippen LogP contribution in [-0.4, -0.2) is 0 Å². The van der Waals surface area contributed by atoms with E-state index in [9.17, 15) is 0 Å². The van der Waals surface area contributed by atoms with Gasteiger partial charge in [-0.05, 0) is 0 Å². The molecule has 0 N–H and O–H groups in total. The maximum atomic E-state index is 2.39. The van der Waals surface area contributed by atoms with Crippen molar-refractivity contribution in [3.05, 3.63) is 0 Å². The van der Waals surface area contributed by atoms with E-state index in [0.717, 1.165) is 0 Å². The molecule has 0 heterocycles. The Balaban J connectivity index is 5.84. The molecule has 0 aromatic carbocycles. The van der Waals surface area contributed by atoms with Crippen LogP contribution in [0, 0.1) is 0 Å². The molecule has 0 saturated carbocycles. The summed E-state index contributed by atoms with van der Waals surface area (Å²) in [7, 11) is -2.69. The second-order valence-electron chi connectivity index (χ2n) is 8.85. The van der Waals surface area contributed by atoms with Crippen LogP contribution in [0.25, 0.3) is 0 Å². The topological polar surface area (TPSA) is 0 Å². The fourth-order valence-electron chi connectivity index (χ4n) is 0. The van der Waals surface area contributed by atoms with Crippen molar-refractivity contribution in [1.82, 2.24) is 0 Å². The van der Waals surface area contributed by atoms with E-state index in [1.165, 1.54) is 0 Å². The summed E-state index contributed by atoms with van der Waals surface area (Å²) in [6.07, 6.45) is 0. The fraction of sp³-hybridized carbons (Fsp3) is 1.00. The first kappa shape index (κ1) is 9.49. The zero-order chi connectivity index (χ0) is 8.35. The third kappa shape index (κ3) is 1470. The van der Waals surface area contributed by atoms with Gasteiger partial charge in [-0.15, -0.1) is 0 Å². The predicted octanol–water partition coefficient (Wildman–Crippen LogP) is 4.67. The van der Waals surface area contributed by atoms with Crippen molar-refractivity contribution in [2.45, 2.75) is 47.1 Å². The Labute approximate surface area is 55.9 Å². The average Bonchev–Trinajstić information content (AvgIpc) is 0.503. The van der Waals surface area contributed by atoms with Crippen molar-refractivity contribution in [3.63, 3.8) is 0 Å². The van der Waals surface area contributed by atoms with E-state index in [4.69, 9.17) is 0 Å². The molecule has 0 radical (unpaired) electrons. The summed E-state index contributed by atoms with van der Waals surface area (Å²) in [5.41, 5.74) is 0. The first-order chi connectivity index (χ1) is 2.83. The minimum atomic E-state index is -2.69. The van der Waals surface area contributed by atoms with Crippen LogP contribution in [0.5, 0.6) is 0 Å². The number of rotatable bonds is 0. The molecule has 0 rings (SSSR count). The normalized spacial score (nSPS) is 31.1. The third-order valence-electron chi connectivity index (χ3n) is 0. The van der Waals surface area contributed by atoms with E-state index >= 15 is 0 Å². The molecule has 0 bridgehead atoms. The van der Waals surface area contributed by atoms with E-state index in [1.54, 1.807) is 0 Å². The molecule has 9 heavy (non-hydrogen) atoms. The molecule has 0 atom stereocenters. The molecule has 0 aromatic heterocycles. The van der Waals surface area contributed by atoms with Crippen LogP contribution in [0.15, 0.2) is 0 Å². The van der Waals surface area contributed by atoms with Gasteiger partial charge in [0.15, 0.2) is 0 Å². The van der Waals surface area contributed by atoms with Crippen molar-refractivity contribution >= 4 is 0 Å². The van der Waals surface area contributed by atoms with Crippen LogP contribution in [0.1, 0.15) is 0 Å². The van der Waals surface area contributed by atoms with Crippen molar-refractivity contribution in [2.24, 2.45) is 0 Å². The van der Waals surface area contributed by atoms with Crippen molar-refractivity contribution in [1.29, 1.82) is 0 Å². The van der Waals surface area contributed by atoms with Crippen LogP contribution in [-0.2, 0) is 8.28 Å². The van der Waals surface area contributed by atoms with E-state index in [1.807, 2.05) is 0 Å². The van der Waals surface area contributed by atoms with Crippen molar-refractivity contribution in [2.75, 3.05) is 0 Å². The van der Waals surface area contributed by atoms with Gasteiger partial charge in [-0.3, -0.25) is 0 Å². The Morgan fingerprint density at radius 3 is 0.444 bits per heavy atom. The van der Waals surface area contributed by atoms with Gasteiger partial charge in [-0.1, -0.05) is 0 Å². The van der Waals surface area contributed by atoms with Gasteiger partial charge in [-0.25, -0.2) is 0 Å². The van der Waals surface area contributed by atoms with Gasteiger partial charge in [0.05, 0.1) is 0 Å². The first-order valence-electron chi connectivity index (χ1n) is 2.53. The van der Waals surface area contributed by atoms with Gasteiger partial charge < -0.3 is 0 Å². The molecule has 0 saturated heterocycles. The summed E-state index contributed by atoms with van der Waals surface area (Å²) >= 11 is 0. The van der Waals surface area contributed by atoms with Crippen molar-refractivity contribution in [3.8, 4) is 0 Å². The van der Waals surface area contributed by atoms with Gasteiger partial charge in [0.1, 0.15) is 0 Å². The van der Waals surface area contributed by atoms with Crippen LogP contribution >= 0.6 is 0 Å². The Bertz CT molecular complexity index is 139. The second kappa shape index (κ2) is 0.587. The van der Waals surface area contributed by atoms with E-state index in [-0.39, 0.29) is 0 Å². The molecule has 0 spiro atoms. The first-order valence-corrected chi connectivity index (χ1v) is 10.4. The van der Waals surface area contributed by atoms with Crippen LogP contribution in [0.2, 0.25) is 47.1 Å². The molecule has 1 heteroatoms. The fourth-order valence-corrected chi connectivity index (χ4v) is 0. The molecule has 0 amide bonds. The second-order valence-corrected chi connectivity index (χ2v) is 36.5. The summed E-state index contributed by atoms with van der Waals surface area (Å²) in [6, 6.07) is 0. The molecule has 0 unspecified atom stereocenters. The molecule has 0 aromatic rings. The average molecular weight is 179 g/mol. The Morgan fingerprint density at radius 1 is 0.444 bits per heavy atom. The molecule has 0 fully saturated rings. The summed E-state index contributed by atoms with van der Waals surface area (Å²) in [5, 5.41) is 0. The summed E-state index contributed by atoms with van der Waals surface area (Å²) in [6.45, 7) is 0. The van der Waals surface area contributed by atoms with Crippen LogP contribution in [0.4, 0.5) is 0 Å². The van der Waals surface area contributed by atoms with Crippen LogP contribution in [0.3, 0.4) is 0 Å². The van der Waals surface area contributed by atoms with E-state index in [2.05, 4.69) is 47.1 Å². The standard InChI is InChI=1S/8CH3.Ni/h8*1H3;. The van der Waals surface area contributed by atoms with E-state index in [0.29, 0.717) is 0 Å². The Hall–Kier alpha value is 0.494. The van der Waals surface area contributed by atoms with Gasteiger partial charge in [0.2, 0.25) is 0 Å². The third-order valence-corrected chi connectivity index (χ3v) is 0. The van der Waals surface area contributed by atoms with Gasteiger partial charge in [0.25, 0.3) is 0 Å². The quantitative estimate of drug-likeness (QED) is 0.474. The SMILES string of the molecule is [CH3][Ni]([CH3])([CH3])([CH3])([CH3])([CH3])([CH3])[CH3]. The molecular formula is C8H24Ni. The van der Waals surface area contributed by atoms with Gasteiger partial charge in [0, 0.05) is 0 Å². The van der Waals surface area contributed by atoms with E-state index < -0.39 is 8.28 Å². The maximum absolute atomic E-state index is 2.69. The molecule has 66 valence electrons. The number of hydrogen-bond donors (Lipinski definition) is 0. The minimum absolute atomic E-state index is 2.39. The summed E-state index contributed by atoms with van der Waals surface area (Å²) < 4.78 is 0. The monoisotopic (exact) mass is 178 g/mol. The molecule has 0 aliphatic carbocycles. The Kier molecular flexibility index (Phi) is 0.620. The molecule has 0 nitrogen and oxygen atoms in total. The summed E-state index contributed by atoms with van der Waals surface area (Å²) in [4.78, 5) is 0. The molecule has 0 aliphatic heterocycles. The number of hydrogen-bond acceptors (Lipinski definition) is 0. The van der Waals surface area contributed by atoms with Crippen LogP contribution < -0.4 is 0 Å². The zero-order valence-electron chi connectivity index (χ0n) is 8.32. The Morgan fingerprint density at radius 2 is 0.444 bits per heavy atom. The molecule has 0 aliphatic rings. The zero-order valence-corrected chi connectivity index (χ0v) is 9.30. The summed E-state index contributed by atoms with van der Waals surface area (Å²) in [5.74, 6) is 19.1. The predicted molar refractivity (Wildman–Crippen MR) is 46.9 cm³/mol.